The summed E-state index contributed by atoms with van der Waals surface area (Å²) in [6.45, 7) is 1.96. The fraction of sp³-hybridized carbons (Fsp3) is 0.188. The lowest BCUT2D eigenvalue weighted by molar-refractivity contribution is -0.117. The lowest BCUT2D eigenvalue weighted by Crippen LogP contribution is -2.13. The largest absolute Gasteiger partial charge is 0.369 e. The van der Waals surface area contributed by atoms with Crippen LogP contribution in [0, 0.1) is 6.92 Å². The predicted molar refractivity (Wildman–Crippen MR) is 90.9 cm³/mol. The fourth-order valence-corrected chi connectivity index (χ4v) is 2.69. The minimum Gasteiger partial charge on any atom is -0.369 e. The van der Waals surface area contributed by atoms with Crippen molar-refractivity contribution in [2.75, 3.05) is 5.32 Å². The molecule has 0 spiro atoms. The summed E-state index contributed by atoms with van der Waals surface area (Å²) < 4.78 is 2.03. The monoisotopic (exact) mass is 329 g/mol. The van der Waals surface area contributed by atoms with Crippen LogP contribution in [0.4, 0.5) is 11.5 Å². The van der Waals surface area contributed by atoms with Crippen LogP contribution in [0.15, 0.2) is 30.3 Å². The number of aromatic nitrogens is 3. The predicted octanol–water partition coefficient (Wildman–Crippen LogP) is 2.70. The molecule has 118 valence electrons. The van der Waals surface area contributed by atoms with E-state index < -0.39 is 5.91 Å². The standard InChI is InChI=1S/C16H16ClN5O/c1-9-19-12-8-11(3-4-13(12)22(9)2)20-16-7-10(6-15(18)23)5-14(17)21-16/h3-5,7-8H,6H2,1-2H3,(H2,18,23)(H,20,21). The van der Waals surface area contributed by atoms with Crippen LogP contribution in [0.25, 0.3) is 11.0 Å². The number of benzene rings is 1. The Labute approximate surface area is 138 Å². The van der Waals surface area contributed by atoms with Crippen LogP contribution in [-0.4, -0.2) is 20.4 Å². The first kappa shape index (κ1) is 15.3. The van der Waals surface area contributed by atoms with E-state index >= 15 is 0 Å². The van der Waals surface area contributed by atoms with E-state index in [-0.39, 0.29) is 6.42 Å². The summed E-state index contributed by atoms with van der Waals surface area (Å²) in [5.41, 5.74) is 8.74. The minimum absolute atomic E-state index is 0.120. The number of pyridine rings is 1. The normalized spacial score (nSPS) is 10.9. The molecule has 0 aliphatic heterocycles. The van der Waals surface area contributed by atoms with Gasteiger partial charge in [-0.05, 0) is 42.8 Å². The Hall–Kier alpha value is -2.60. The van der Waals surface area contributed by atoms with Gasteiger partial charge in [0.2, 0.25) is 5.91 Å². The number of fused-ring (bicyclic) bond motifs is 1. The highest BCUT2D eigenvalue weighted by molar-refractivity contribution is 6.29. The van der Waals surface area contributed by atoms with Gasteiger partial charge in [-0.1, -0.05) is 11.6 Å². The highest BCUT2D eigenvalue weighted by atomic mass is 35.5. The molecule has 1 aromatic carbocycles. The van der Waals surface area contributed by atoms with Crippen LogP contribution >= 0.6 is 11.6 Å². The van der Waals surface area contributed by atoms with Crippen molar-refractivity contribution in [1.29, 1.82) is 0 Å². The molecule has 7 heteroatoms. The average Bonchev–Trinajstić information content (AvgIpc) is 2.72. The van der Waals surface area contributed by atoms with Gasteiger partial charge in [-0.25, -0.2) is 9.97 Å². The van der Waals surface area contributed by atoms with Gasteiger partial charge < -0.3 is 15.6 Å². The molecule has 0 unspecified atom stereocenters. The number of nitrogens with zero attached hydrogens (tertiary/aromatic N) is 3. The van der Waals surface area contributed by atoms with Crippen LogP contribution in [0.3, 0.4) is 0 Å². The average molecular weight is 330 g/mol. The molecule has 0 saturated heterocycles. The Morgan fingerprint density at radius 1 is 1.30 bits per heavy atom. The van der Waals surface area contributed by atoms with Gasteiger partial charge in [-0.3, -0.25) is 4.79 Å². The van der Waals surface area contributed by atoms with E-state index in [0.717, 1.165) is 28.1 Å². The van der Waals surface area contributed by atoms with Gasteiger partial charge in [-0.15, -0.1) is 0 Å². The van der Waals surface area contributed by atoms with Gasteiger partial charge in [0.15, 0.2) is 0 Å². The topological polar surface area (TPSA) is 85.8 Å². The minimum atomic E-state index is -0.413. The summed E-state index contributed by atoms with van der Waals surface area (Å²) in [6.07, 6.45) is 0.120. The van der Waals surface area contributed by atoms with E-state index in [4.69, 9.17) is 17.3 Å². The van der Waals surface area contributed by atoms with Crippen molar-refractivity contribution in [3.63, 3.8) is 0 Å². The zero-order valence-electron chi connectivity index (χ0n) is 12.8. The molecule has 0 aliphatic carbocycles. The molecule has 6 nitrogen and oxygen atoms in total. The zero-order chi connectivity index (χ0) is 16.6. The molecule has 0 fully saturated rings. The van der Waals surface area contributed by atoms with Crippen molar-refractivity contribution in [3.8, 4) is 0 Å². The van der Waals surface area contributed by atoms with Crippen LogP contribution < -0.4 is 11.1 Å². The lowest BCUT2D eigenvalue weighted by Gasteiger charge is -2.08. The van der Waals surface area contributed by atoms with Gasteiger partial charge in [0.25, 0.3) is 0 Å². The molecule has 0 radical (unpaired) electrons. The summed E-state index contributed by atoms with van der Waals surface area (Å²) >= 11 is 6.00. The molecule has 3 aromatic rings. The maximum Gasteiger partial charge on any atom is 0.221 e. The van der Waals surface area contributed by atoms with E-state index in [1.807, 2.05) is 36.7 Å². The Morgan fingerprint density at radius 2 is 2.09 bits per heavy atom. The second-order valence-corrected chi connectivity index (χ2v) is 5.76. The van der Waals surface area contributed by atoms with E-state index in [1.54, 1.807) is 12.1 Å². The summed E-state index contributed by atoms with van der Waals surface area (Å²) in [5.74, 6) is 1.09. The summed E-state index contributed by atoms with van der Waals surface area (Å²) in [4.78, 5) is 19.8. The highest BCUT2D eigenvalue weighted by Crippen LogP contribution is 2.23. The zero-order valence-corrected chi connectivity index (χ0v) is 13.6. The van der Waals surface area contributed by atoms with Gasteiger partial charge in [-0.2, -0.15) is 0 Å². The number of amides is 1. The molecule has 0 atom stereocenters. The molecule has 23 heavy (non-hydrogen) atoms. The van der Waals surface area contributed by atoms with Crippen molar-refractivity contribution in [3.05, 3.63) is 46.9 Å². The first-order valence-corrected chi connectivity index (χ1v) is 7.45. The van der Waals surface area contributed by atoms with Gasteiger partial charge in [0, 0.05) is 12.7 Å². The Morgan fingerprint density at radius 3 is 2.83 bits per heavy atom. The second kappa shape index (κ2) is 5.89. The molecule has 0 aliphatic rings. The van der Waals surface area contributed by atoms with Crippen LogP contribution in [0.2, 0.25) is 5.15 Å². The third kappa shape index (κ3) is 3.27. The first-order valence-electron chi connectivity index (χ1n) is 7.07. The summed E-state index contributed by atoms with van der Waals surface area (Å²) in [5, 5.41) is 3.49. The van der Waals surface area contributed by atoms with Crippen LogP contribution in [0.1, 0.15) is 11.4 Å². The maximum atomic E-state index is 11.1. The number of primary amides is 1. The molecular formula is C16H16ClN5O. The Balaban J connectivity index is 1.92. The van der Waals surface area contributed by atoms with Crippen molar-refractivity contribution < 1.29 is 4.79 Å². The molecule has 2 aromatic heterocycles. The van der Waals surface area contributed by atoms with Gasteiger partial charge in [0.05, 0.1) is 17.5 Å². The van der Waals surface area contributed by atoms with Crippen molar-refractivity contribution >= 4 is 40.0 Å². The fourth-order valence-electron chi connectivity index (χ4n) is 2.46. The summed E-state index contributed by atoms with van der Waals surface area (Å²) in [6, 6.07) is 9.26. The number of imidazole rings is 1. The second-order valence-electron chi connectivity index (χ2n) is 5.37. The number of carbonyl (C=O) groups excluding carboxylic acids is 1. The lowest BCUT2D eigenvalue weighted by atomic mass is 10.2. The third-order valence-corrected chi connectivity index (χ3v) is 3.80. The summed E-state index contributed by atoms with van der Waals surface area (Å²) in [7, 11) is 1.98. The Kier molecular flexibility index (Phi) is 3.92. The molecule has 3 N–H and O–H groups in total. The SMILES string of the molecule is Cc1nc2cc(Nc3cc(CC(N)=O)cc(Cl)n3)ccc2n1C. The number of rotatable bonds is 4. The molecule has 2 heterocycles. The maximum absolute atomic E-state index is 11.1. The molecular weight excluding hydrogens is 314 g/mol. The molecule has 0 bridgehead atoms. The number of nitrogens with two attached hydrogens (primary N) is 1. The Bertz CT molecular complexity index is 903. The molecule has 3 rings (SSSR count). The highest BCUT2D eigenvalue weighted by Gasteiger charge is 2.07. The van der Waals surface area contributed by atoms with Crippen molar-refractivity contribution in [2.24, 2.45) is 12.8 Å². The number of halogens is 1. The molecule has 0 saturated carbocycles. The quantitative estimate of drug-likeness (QED) is 0.721. The number of anilines is 2. The number of aryl methyl sites for hydroxylation is 2. The van der Waals surface area contributed by atoms with Crippen molar-refractivity contribution in [1.82, 2.24) is 14.5 Å². The number of hydrogen-bond acceptors (Lipinski definition) is 4. The number of carbonyl (C=O) groups is 1. The first-order chi connectivity index (χ1) is 10.9. The number of hydrogen-bond donors (Lipinski definition) is 2. The van der Waals surface area contributed by atoms with Gasteiger partial charge in [0.1, 0.15) is 16.8 Å². The van der Waals surface area contributed by atoms with Crippen LogP contribution in [0.5, 0.6) is 0 Å². The third-order valence-electron chi connectivity index (χ3n) is 3.61. The van der Waals surface area contributed by atoms with E-state index in [2.05, 4.69) is 15.3 Å². The smallest absolute Gasteiger partial charge is 0.221 e. The van der Waals surface area contributed by atoms with E-state index in [0.29, 0.717) is 11.0 Å². The van der Waals surface area contributed by atoms with E-state index in [9.17, 15) is 4.79 Å². The van der Waals surface area contributed by atoms with Crippen molar-refractivity contribution in [2.45, 2.75) is 13.3 Å². The van der Waals surface area contributed by atoms with Crippen LogP contribution in [-0.2, 0) is 18.3 Å². The van der Waals surface area contributed by atoms with E-state index in [1.165, 1.54) is 0 Å². The number of nitrogens with one attached hydrogen (secondary N) is 1. The van der Waals surface area contributed by atoms with Gasteiger partial charge >= 0.3 is 0 Å². The molecule has 1 amide bonds.